The normalized spacial score (nSPS) is 11.3. The number of sulfonamides is 1. The molecule has 22 heavy (non-hydrogen) atoms. The van der Waals surface area contributed by atoms with Crippen LogP contribution >= 0.6 is 22.9 Å². The first-order chi connectivity index (χ1) is 10.5. The van der Waals surface area contributed by atoms with Crippen molar-refractivity contribution in [2.45, 2.75) is 4.90 Å². The van der Waals surface area contributed by atoms with Crippen molar-refractivity contribution >= 4 is 38.1 Å². The fraction of sp³-hybridized carbons (Fsp3) is 0. The number of aromatic nitrogens is 1. The molecule has 0 aliphatic rings. The Bertz CT molecular complexity index is 875. The van der Waals surface area contributed by atoms with Crippen LogP contribution in [-0.4, -0.2) is 13.4 Å². The van der Waals surface area contributed by atoms with Crippen LogP contribution in [0, 0.1) is 0 Å². The standard InChI is InChI=1S/C15H11ClN2O2S2/c16-12-6-8-13(9-7-12)22(19,20)18-15-17-10-14(21-15)11-4-2-1-3-5-11/h1-10H,(H,17,18). The molecular weight excluding hydrogens is 340 g/mol. The highest BCUT2D eigenvalue weighted by Gasteiger charge is 2.16. The first-order valence-corrected chi connectivity index (χ1v) is 9.02. The van der Waals surface area contributed by atoms with Gasteiger partial charge in [-0.2, -0.15) is 0 Å². The summed E-state index contributed by atoms with van der Waals surface area (Å²) in [6.45, 7) is 0. The fourth-order valence-electron chi connectivity index (χ4n) is 1.84. The summed E-state index contributed by atoms with van der Waals surface area (Å²) in [7, 11) is -3.66. The van der Waals surface area contributed by atoms with Crippen molar-refractivity contribution in [3.8, 4) is 10.4 Å². The van der Waals surface area contributed by atoms with Gasteiger partial charge in [0.1, 0.15) is 0 Å². The van der Waals surface area contributed by atoms with Gasteiger partial charge in [-0.1, -0.05) is 53.3 Å². The minimum Gasteiger partial charge on any atom is -0.255 e. The predicted molar refractivity (Wildman–Crippen MR) is 89.8 cm³/mol. The van der Waals surface area contributed by atoms with Gasteiger partial charge in [-0.05, 0) is 29.8 Å². The van der Waals surface area contributed by atoms with E-state index < -0.39 is 10.0 Å². The third kappa shape index (κ3) is 3.30. The average molecular weight is 351 g/mol. The van der Waals surface area contributed by atoms with E-state index in [1.54, 1.807) is 6.20 Å². The third-order valence-electron chi connectivity index (χ3n) is 2.91. The number of hydrogen-bond acceptors (Lipinski definition) is 4. The van der Waals surface area contributed by atoms with Crippen molar-refractivity contribution in [3.05, 3.63) is 65.8 Å². The lowest BCUT2D eigenvalue weighted by molar-refractivity contribution is 0.601. The van der Waals surface area contributed by atoms with Crippen LogP contribution in [0.4, 0.5) is 5.13 Å². The Balaban J connectivity index is 1.84. The highest BCUT2D eigenvalue weighted by molar-refractivity contribution is 7.93. The van der Waals surface area contributed by atoms with E-state index in [2.05, 4.69) is 9.71 Å². The summed E-state index contributed by atoms with van der Waals surface area (Å²) in [5, 5.41) is 0.813. The molecule has 7 heteroatoms. The van der Waals surface area contributed by atoms with Crippen LogP contribution in [0.3, 0.4) is 0 Å². The van der Waals surface area contributed by atoms with Gasteiger partial charge in [0.2, 0.25) is 0 Å². The summed E-state index contributed by atoms with van der Waals surface area (Å²) in [6, 6.07) is 15.7. The zero-order valence-corrected chi connectivity index (χ0v) is 13.6. The smallest absolute Gasteiger partial charge is 0.255 e. The minimum absolute atomic E-state index is 0.147. The van der Waals surface area contributed by atoms with Crippen LogP contribution in [0.15, 0.2) is 65.7 Å². The molecule has 0 radical (unpaired) electrons. The highest BCUT2D eigenvalue weighted by atomic mass is 35.5. The third-order valence-corrected chi connectivity index (χ3v) is 5.61. The van der Waals surface area contributed by atoms with Gasteiger partial charge in [0, 0.05) is 11.2 Å². The molecular formula is C15H11ClN2O2S2. The average Bonchev–Trinajstić information content (AvgIpc) is 2.96. The van der Waals surface area contributed by atoms with Crippen LogP contribution in [0.1, 0.15) is 0 Å². The topological polar surface area (TPSA) is 59.1 Å². The summed E-state index contributed by atoms with van der Waals surface area (Å²) in [4.78, 5) is 5.17. The molecule has 0 unspecified atom stereocenters. The maximum Gasteiger partial charge on any atom is 0.263 e. The summed E-state index contributed by atoms with van der Waals surface area (Å²) < 4.78 is 27.0. The minimum atomic E-state index is -3.66. The Morgan fingerprint density at radius 2 is 1.68 bits per heavy atom. The summed E-state index contributed by atoms with van der Waals surface area (Å²) >= 11 is 7.05. The van der Waals surface area contributed by atoms with E-state index in [0.29, 0.717) is 10.2 Å². The largest absolute Gasteiger partial charge is 0.263 e. The summed E-state index contributed by atoms with van der Waals surface area (Å²) in [6.07, 6.45) is 1.65. The number of benzene rings is 2. The Morgan fingerprint density at radius 3 is 2.36 bits per heavy atom. The van der Waals surface area contributed by atoms with Gasteiger partial charge in [-0.15, -0.1) is 0 Å². The van der Waals surface area contributed by atoms with Crippen molar-refractivity contribution in [2.24, 2.45) is 0 Å². The first-order valence-electron chi connectivity index (χ1n) is 6.34. The molecule has 112 valence electrons. The Kier molecular flexibility index (Phi) is 4.15. The number of thiazole rings is 1. The lowest BCUT2D eigenvalue weighted by Crippen LogP contribution is -2.12. The molecule has 0 spiro atoms. The first kappa shape index (κ1) is 15.0. The second kappa shape index (κ2) is 6.08. The number of nitrogens with zero attached hydrogens (tertiary/aromatic N) is 1. The van der Waals surface area contributed by atoms with Gasteiger partial charge in [-0.3, -0.25) is 4.72 Å². The fourth-order valence-corrected chi connectivity index (χ4v) is 4.03. The Hall–Kier alpha value is -1.89. The second-order valence-electron chi connectivity index (χ2n) is 4.46. The number of anilines is 1. The molecule has 0 saturated carbocycles. The molecule has 3 rings (SSSR count). The van der Waals surface area contributed by atoms with E-state index in [0.717, 1.165) is 10.4 Å². The van der Waals surface area contributed by atoms with Gasteiger partial charge in [0.05, 0.1) is 9.77 Å². The van der Waals surface area contributed by atoms with Crippen molar-refractivity contribution in [2.75, 3.05) is 4.72 Å². The summed E-state index contributed by atoms with van der Waals surface area (Å²) in [5.41, 5.74) is 0.997. The number of nitrogens with one attached hydrogen (secondary N) is 1. The van der Waals surface area contributed by atoms with Gasteiger partial charge >= 0.3 is 0 Å². The molecule has 3 aromatic rings. The van der Waals surface area contributed by atoms with Crippen molar-refractivity contribution in [1.29, 1.82) is 0 Å². The lowest BCUT2D eigenvalue weighted by atomic mass is 10.2. The van der Waals surface area contributed by atoms with Gasteiger partial charge in [0.15, 0.2) is 5.13 Å². The molecule has 0 atom stereocenters. The lowest BCUT2D eigenvalue weighted by Gasteiger charge is -2.04. The molecule has 1 heterocycles. The number of halogens is 1. The SMILES string of the molecule is O=S(=O)(Nc1ncc(-c2ccccc2)s1)c1ccc(Cl)cc1. The quantitative estimate of drug-likeness (QED) is 0.764. The van der Waals surface area contributed by atoms with Crippen LogP contribution in [-0.2, 0) is 10.0 Å². The molecule has 1 aromatic heterocycles. The Labute approximate surface area is 137 Å². The molecule has 0 aliphatic carbocycles. The number of rotatable bonds is 4. The van der Waals surface area contributed by atoms with Crippen molar-refractivity contribution in [3.63, 3.8) is 0 Å². The van der Waals surface area contributed by atoms with E-state index in [9.17, 15) is 8.42 Å². The molecule has 4 nitrogen and oxygen atoms in total. The maximum atomic E-state index is 12.3. The molecule has 0 bridgehead atoms. The molecule has 1 N–H and O–H groups in total. The number of hydrogen-bond donors (Lipinski definition) is 1. The van der Waals surface area contributed by atoms with Gasteiger partial charge in [0.25, 0.3) is 10.0 Å². The van der Waals surface area contributed by atoms with Gasteiger partial charge in [-0.25, -0.2) is 13.4 Å². The summed E-state index contributed by atoms with van der Waals surface area (Å²) in [5.74, 6) is 0. The molecule has 0 aliphatic heterocycles. The predicted octanol–water partition coefficient (Wildman–Crippen LogP) is 4.26. The van der Waals surface area contributed by atoms with Crippen LogP contribution < -0.4 is 4.72 Å². The van der Waals surface area contributed by atoms with E-state index in [-0.39, 0.29) is 4.90 Å². The van der Waals surface area contributed by atoms with Crippen LogP contribution in [0.25, 0.3) is 10.4 Å². The monoisotopic (exact) mass is 350 g/mol. The zero-order valence-electron chi connectivity index (χ0n) is 11.2. The second-order valence-corrected chi connectivity index (χ2v) is 7.60. The molecule has 0 amide bonds. The van der Waals surface area contributed by atoms with Crippen molar-refractivity contribution < 1.29 is 8.42 Å². The van der Waals surface area contributed by atoms with E-state index in [1.165, 1.54) is 35.6 Å². The van der Waals surface area contributed by atoms with E-state index in [4.69, 9.17) is 11.6 Å². The Morgan fingerprint density at radius 1 is 1.00 bits per heavy atom. The molecule has 2 aromatic carbocycles. The van der Waals surface area contributed by atoms with E-state index >= 15 is 0 Å². The van der Waals surface area contributed by atoms with Crippen LogP contribution in [0.5, 0.6) is 0 Å². The zero-order chi connectivity index (χ0) is 15.6. The maximum absolute atomic E-state index is 12.3. The molecule has 0 fully saturated rings. The highest BCUT2D eigenvalue weighted by Crippen LogP contribution is 2.30. The van der Waals surface area contributed by atoms with Gasteiger partial charge < -0.3 is 0 Å². The van der Waals surface area contributed by atoms with Crippen LogP contribution in [0.2, 0.25) is 5.02 Å². The molecule has 0 saturated heterocycles. The van der Waals surface area contributed by atoms with E-state index in [1.807, 2.05) is 30.3 Å². The van der Waals surface area contributed by atoms with Crippen molar-refractivity contribution in [1.82, 2.24) is 4.98 Å².